The molecule has 106 valence electrons. The summed E-state index contributed by atoms with van der Waals surface area (Å²) < 4.78 is 20.0. The number of amides is 1. The first-order valence-corrected chi connectivity index (χ1v) is 6.06. The van der Waals surface area contributed by atoms with Crippen molar-refractivity contribution in [2.45, 2.75) is 20.3 Å². The lowest BCUT2D eigenvalue weighted by molar-refractivity contribution is -0.119. The van der Waals surface area contributed by atoms with E-state index in [1.54, 1.807) is 13.8 Å². The largest absolute Gasteiger partial charge is 0.476 e. The molecule has 2 rings (SSSR count). The van der Waals surface area contributed by atoms with Crippen LogP contribution in [0.15, 0.2) is 17.1 Å². The Bertz CT molecular complexity index is 740. The number of ether oxygens (including phenoxy) is 1. The average Bonchev–Trinajstić information content (AvgIpc) is 2.38. The van der Waals surface area contributed by atoms with E-state index in [4.69, 9.17) is 10.5 Å². The van der Waals surface area contributed by atoms with E-state index in [1.807, 2.05) is 0 Å². The monoisotopic (exact) mass is 279 g/mol. The molecule has 6 nitrogen and oxygen atoms in total. The molecule has 0 saturated carbocycles. The van der Waals surface area contributed by atoms with Crippen LogP contribution in [0.4, 0.5) is 4.39 Å². The van der Waals surface area contributed by atoms with Gasteiger partial charge >= 0.3 is 5.56 Å². The van der Waals surface area contributed by atoms with Crippen LogP contribution in [0, 0.1) is 12.7 Å². The van der Waals surface area contributed by atoms with Crippen LogP contribution in [0.2, 0.25) is 0 Å². The molecule has 0 atom stereocenters. The summed E-state index contributed by atoms with van der Waals surface area (Å²) in [6, 6.07) is 1.30. The number of pyridine rings is 1. The van der Waals surface area contributed by atoms with Crippen molar-refractivity contribution in [1.82, 2.24) is 9.38 Å². The van der Waals surface area contributed by atoms with E-state index in [9.17, 15) is 14.0 Å². The van der Waals surface area contributed by atoms with Crippen LogP contribution in [0.5, 0.6) is 5.75 Å². The van der Waals surface area contributed by atoms with Crippen molar-refractivity contribution in [3.63, 3.8) is 0 Å². The summed E-state index contributed by atoms with van der Waals surface area (Å²) in [5.41, 5.74) is 5.23. The molecular weight excluding hydrogens is 265 g/mol. The molecule has 2 N–H and O–H groups in total. The first kappa shape index (κ1) is 14.0. The maximum absolute atomic E-state index is 13.9. The van der Waals surface area contributed by atoms with Gasteiger partial charge in [-0.25, -0.2) is 9.37 Å². The van der Waals surface area contributed by atoms with Gasteiger partial charge in [-0.05, 0) is 25.0 Å². The number of halogens is 1. The summed E-state index contributed by atoms with van der Waals surface area (Å²) >= 11 is 0. The van der Waals surface area contributed by atoms with Crippen molar-refractivity contribution in [3.8, 4) is 5.75 Å². The quantitative estimate of drug-likeness (QED) is 0.886. The minimum absolute atomic E-state index is 0.0659. The fourth-order valence-electron chi connectivity index (χ4n) is 1.88. The lowest BCUT2D eigenvalue weighted by atomic mass is 10.2. The topological polar surface area (TPSA) is 86.7 Å². The molecule has 0 radical (unpaired) electrons. The number of carbonyl (C=O) groups excluding carboxylic acids is 1. The van der Waals surface area contributed by atoms with E-state index >= 15 is 0 Å². The maximum Gasteiger partial charge on any atom is 0.300 e. The minimum atomic E-state index is -0.702. The van der Waals surface area contributed by atoms with E-state index in [1.165, 1.54) is 12.3 Å². The molecule has 2 aromatic rings. The van der Waals surface area contributed by atoms with E-state index in [0.717, 1.165) is 4.40 Å². The van der Waals surface area contributed by atoms with Gasteiger partial charge in [0.2, 0.25) is 5.75 Å². The first-order chi connectivity index (χ1) is 9.43. The van der Waals surface area contributed by atoms with Gasteiger partial charge in [-0.3, -0.25) is 14.0 Å². The first-order valence-electron chi connectivity index (χ1n) is 6.06. The van der Waals surface area contributed by atoms with Gasteiger partial charge < -0.3 is 10.5 Å². The predicted octanol–water partition coefficient (Wildman–Crippen LogP) is 0.569. The molecule has 20 heavy (non-hydrogen) atoms. The van der Waals surface area contributed by atoms with Gasteiger partial charge in [0.15, 0.2) is 18.1 Å². The number of aryl methyl sites for hydroxylation is 2. The van der Waals surface area contributed by atoms with Gasteiger partial charge in [-0.15, -0.1) is 0 Å². The van der Waals surface area contributed by atoms with E-state index in [-0.39, 0.29) is 11.4 Å². The highest BCUT2D eigenvalue weighted by atomic mass is 19.1. The Morgan fingerprint density at radius 2 is 2.25 bits per heavy atom. The van der Waals surface area contributed by atoms with E-state index in [0.29, 0.717) is 17.7 Å². The molecule has 0 aliphatic carbocycles. The Balaban J connectivity index is 2.71. The molecule has 1 amide bonds. The van der Waals surface area contributed by atoms with Crippen molar-refractivity contribution in [1.29, 1.82) is 0 Å². The number of hydrogen-bond donors (Lipinski definition) is 1. The third kappa shape index (κ3) is 2.47. The number of carbonyl (C=O) groups is 1. The second-order valence-electron chi connectivity index (χ2n) is 4.36. The van der Waals surface area contributed by atoms with Crippen LogP contribution >= 0.6 is 0 Å². The van der Waals surface area contributed by atoms with Crippen LogP contribution in [-0.2, 0) is 11.2 Å². The third-order valence-corrected chi connectivity index (χ3v) is 2.74. The number of primary amides is 1. The SMILES string of the molecule is CCc1nc2c(F)cc(C)cn2c(=O)c1OCC(N)=O. The Morgan fingerprint density at radius 1 is 1.55 bits per heavy atom. The zero-order valence-electron chi connectivity index (χ0n) is 11.1. The van der Waals surface area contributed by atoms with Gasteiger partial charge in [0.25, 0.3) is 5.91 Å². The Kier molecular flexibility index (Phi) is 3.69. The summed E-state index contributed by atoms with van der Waals surface area (Å²) in [4.78, 5) is 27.2. The smallest absolute Gasteiger partial charge is 0.300 e. The molecule has 2 aromatic heterocycles. The highest BCUT2D eigenvalue weighted by molar-refractivity contribution is 5.75. The molecule has 2 heterocycles. The Hall–Kier alpha value is -2.44. The summed E-state index contributed by atoms with van der Waals surface area (Å²) in [6.07, 6.45) is 1.83. The summed E-state index contributed by atoms with van der Waals surface area (Å²) in [6.45, 7) is 2.98. The molecule has 0 saturated heterocycles. The van der Waals surface area contributed by atoms with Crippen molar-refractivity contribution in [2.24, 2.45) is 5.73 Å². The van der Waals surface area contributed by atoms with Crippen LogP contribution in [0.3, 0.4) is 0 Å². The van der Waals surface area contributed by atoms with Crippen molar-refractivity contribution in [2.75, 3.05) is 6.61 Å². The third-order valence-electron chi connectivity index (χ3n) is 2.74. The summed E-state index contributed by atoms with van der Waals surface area (Å²) in [5, 5.41) is 0. The fraction of sp³-hybridized carbons (Fsp3) is 0.308. The second kappa shape index (κ2) is 5.28. The Morgan fingerprint density at radius 3 is 2.85 bits per heavy atom. The molecule has 0 unspecified atom stereocenters. The van der Waals surface area contributed by atoms with Gasteiger partial charge in [0.1, 0.15) is 0 Å². The summed E-state index contributed by atoms with van der Waals surface area (Å²) in [7, 11) is 0. The van der Waals surface area contributed by atoms with Gasteiger partial charge in [-0.2, -0.15) is 0 Å². The number of nitrogens with two attached hydrogens (primary N) is 1. The van der Waals surface area contributed by atoms with E-state index < -0.39 is 23.9 Å². The molecule has 0 aromatic carbocycles. The average molecular weight is 279 g/mol. The number of aromatic nitrogens is 2. The second-order valence-corrected chi connectivity index (χ2v) is 4.36. The maximum atomic E-state index is 13.9. The molecule has 0 bridgehead atoms. The van der Waals surface area contributed by atoms with Crippen LogP contribution in [0.1, 0.15) is 18.2 Å². The number of hydrogen-bond acceptors (Lipinski definition) is 4. The molecule has 7 heteroatoms. The van der Waals surface area contributed by atoms with Crippen LogP contribution < -0.4 is 16.0 Å². The van der Waals surface area contributed by atoms with E-state index in [2.05, 4.69) is 4.98 Å². The van der Waals surface area contributed by atoms with Crippen molar-refractivity contribution in [3.05, 3.63) is 39.7 Å². The molecule has 0 fully saturated rings. The number of nitrogens with zero attached hydrogens (tertiary/aromatic N) is 2. The standard InChI is InChI=1S/C13H14FN3O3/c1-3-9-11(20-6-10(15)18)13(19)17-5-7(2)4-8(14)12(17)16-9/h4-5H,3,6H2,1-2H3,(H2,15,18). The highest BCUT2D eigenvalue weighted by Crippen LogP contribution is 2.16. The minimum Gasteiger partial charge on any atom is -0.476 e. The van der Waals surface area contributed by atoms with Crippen molar-refractivity contribution >= 4 is 11.6 Å². The molecule has 0 aliphatic heterocycles. The van der Waals surface area contributed by atoms with Crippen LogP contribution in [0.25, 0.3) is 5.65 Å². The zero-order chi connectivity index (χ0) is 14.9. The molecule has 0 spiro atoms. The lowest BCUT2D eigenvalue weighted by Crippen LogP contribution is -2.26. The van der Waals surface area contributed by atoms with Gasteiger partial charge in [-0.1, -0.05) is 6.92 Å². The summed E-state index contributed by atoms with van der Waals surface area (Å²) in [5.74, 6) is -1.36. The highest BCUT2D eigenvalue weighted by Gasteiger charge is 2.16. The Labute approximate surface area is 114 Å². The normalized spacial score (nSPS) is 10.8. The number of rotatable bonds is 4. The van der Waals surface area contributed by atoms with Gasteiger partial charge in [0.05, 0.1) is 5.69 Å². The van der Waals surface area contributed by atoms with Crippen molar-refractivity contribution < 1.29 is 13.9 Å². The fourth-order valence-corrected chi connectivity index (χ4v) is 1.88. The number of fused-ring (bicyclic) bond motifs is 1. The zero-order valence-corrected chi connectivity index (χ0v) is 11.1. The predicted molar refractivity (Wildman–Crippen MR) is 70.2 cm³/mol. The van der Waals surface area contributed by atoms with Crippen LogP contribution in [-0.4, -0.2) is 21.9 Å². The molecule has 0 aliphatic rings. The van der Waals surface area contributed by atoms with Gasteiger partial charge in [0, 0.05) is 6.20 Å². The lowest BCUT2D eigenvalue weighted by Gasteiger charge is -2.11. The molecular formula is C13H14FN3O3.